The smallest absolute Gasteiger partial charge is 0.120 e. The highest BCUT2D eigenvalue weighted by Crippen LogP contribution is 2.35. The Balaban J connectivity index is 2.39. The molecular formula is C13H11ClO2. The van der Waals surface area contributed by atoms with E-state index in [0.29, 0.717) is 5.56 Å². The van der Waals surface area contributed by atoms with Gasteiger partial charge in [0.05, 0.1) is 5.38 Å². The molecule has 1 unspecified atom stereocenters. The number of halogens is 1. The maximum Gasteiger partial charge on any atom is 0.120 e. The van der Waals surface area contributed by atoms with E-state index in [-0.39, 0.29) is 11.5 Å². The van der Waals surface area contributed by atoms with E-state index in [1.807, 2.05) is 12.1 Å². The van der Waals surface area contributed by atoms with Crippen molar-refractivity contribution in [3.63, 3.8) is 0 Å². The molecule has 2 N–H and O–H groups in total. The van der Waals surface area contributed by atoms with Gasteiger partial charge in [-0.3, -0.25) is 0 Å². The van der Waals surface area contributed by atoms with E-state index in [1.165, 1.54) is 0 Å². The van der Waals surface area contributed by atoms with Crippen LogP contribution in [0.5, 0.6) is 11.5 Å². The molecule has 0 aliphatic heterocycles. The Kier molecular flexibility index (Phi) is 3.02. The zero-order valence-electron chi connectivity index (χ0n) is 8.47. The Labute approximate surface area is 98.7 Å². The second-order valence-electron chi connectivity index (χ2n) is 3.52. The maximum absolute atomic E-state index is 9.66. The van der Waals surface area contributed by atoms with Gasteiger partial charge >= 0.3 is 0 Å². The van der Waals surface area contributed by atoms with Gasteiger partial charge in [0.25, 0.3) is 0 Å². The van der Waals surface area contributed by atoms with Crippen LogP contribution in [-0.4, -0.2) is 10.2 Å². The molecule has 2 nitrogen and oxygen atoms in total. The number of rotatable bonds is 2. The third kappa shape index (κ3) is 2.12. The van der Waals surface area contributed by atoms with Crippen molar-refractivity contribution in [1.82, 2.24) is 0 Å². The molecule has 0 radical (unpaired) electrons. The molecule has 2 aromatic carbocycles. The lowest BCUT2D eigenvalue weighted by atomic mass is 10.0. The SMILES string of the molecule is Oc1cccc(C(Cl)c2ccccc2O)c1. The van der Waals surface area contributed by atoms with Crippen molar-refractivity contribution in [2.75, 3.05) is 0 Å². The molecule has 0 heterocycles. The second-order valence-corrected chi connectivity index (χ2v) is 3.95. The van der Waals surface area contributed by atoms with Gasteiger partial charge in [-0.25, -0.2) is 0 Å². The topological polar surface area (TPSA) is 40.5 Å². The molecule has 2 aromatic rings. The van der Waals surface area contributed by atoms with Gasteiger partial charge < -0.3 is 10.2 Å². The molecule has 0 aliphatic carbocycles. The number of para-hydroxylation sites is 1. The maximum atomic E-state index is 9.66. The summed E-state index contributed by atoms with van der Waals surface area (Å²) in [7, 11) is 0. The van der Waals surface area contributed by atoms with Crippen LogP contribution in [0.2, 0.25) is 0 Å². The van der Waals surface area contributed by atoms with Crippen LogP contribution in [0.15, 0.2) is 48.5 Å². The predicted molar refractivity (Wildman–Crippen MR) is 63.9 cm³/mol. The van der Waals surface area contributed by atoms with Gasteiger partial charge in [0.2, 0.25) is 0 Å². The van der Waals surface area contributed by atoms with Crippen molar-refractivity contribution in [1.29, 1.82) is 0 Å². The third-order valence-electron chi connectivity index (χ3n) is 2.37. The normalized spacial score (nSPS) is 12.3. The second kappa shape index (κ2) is 4.45. The van der Waals surface area contributed by atoms with Gasteiger partial charge in [-0.1, -0.05) is 30.3 Å². The molecule has 1 atom stereocenters. The van der Waals surface area contributed by atoms with Crippen molar-refractivity contribution in [2.45, 2.75) is 5.38 Å². The van der Waals surface area contributed by atoms with E-state index in [9.17, 15) is 10.2 Å². The van der Waals surface area contributed by atoms with Crippen LogP contribution in [0, 0.1) is 0 Å². The molecule has 0 fully saturated rings. The summed E-state index contributed by atoms with van der Waals surface area (Å²) in [6.07, 6.45) is 0. The lowest BCUT2D eigenvalue weighted by molar-refractivity contribution is 0.467. The first-order valence-electron chi connectivity index (χ1n) is 4.89. The quantitative estimate of drug-likeness (QED) is 0.782. The molecule has 0 saturated heterocycles. The fraction of sp³-hybridized carbons (Fsp3) is 0.0769. The van der Waals surface area contributed by atoms with Gasteiger partial charge in [-0.05, 0) is 23.8 Å². The minimum absolute atomic E-state index is 0.158. The largest absolute Gasteiger partial charge is 0.508 e. The number of phenolic OH excluding ortho intramolecular Hbond substituents is 2. The van der Waals surface area contributed by atoms with Crippen LogP contribution in [0.25, 0.3) is 0 Å². The van der Waals surface area contributed by atoms with E-state index in [2.05, 4.69) is 0 Å². The predicted octanol–water partition coefficient (Wildman–Crippen LogP) is 3.43. The highest BCUT2D eigenvalue weighted by atomic mass is 35.5. The first-order valence-corrected chi connectivity index (χ1v) is 5.33. The summed E-state index contributed by atoms with van der Waals surface area (Å²) in [5.41, 5.74) is 1.39. The monoisotopic (exact) mass is 234 g/mol. The fourth-order valence-electron chi connectivity index (χ4n) is 1.56. The van der Waals surface area contributed by atoms with Crippen molar-refractivity contribution < 1.29 is 10.2 Å². The van der Waals surface area contributed by atoms with E-state index >= 15 is 0 Å². The summed E-state index contributed by atoms with van der Waals surface area (Å²) < 4.78 is 0. The first kappa shape index (κ1) is 10.8. The van der Waals surface area contributed by atoms with E-state index in [1.54, 1.807) is 36.4 Å². The van der Waals surface area contributed by atoms with Gasteiger partial charge in [-0.2, -0.15) is 0 Å². The Morgan fingerprint density at radius 1 is 0.938 bits per heavy atom. The number of benzene rings is 2. The summed E-state index contributed by atoms with van der Waals surface area (Å²) >= 11 is 6.24. The van der Waals surface area contributed by atoms with Crippen LogP contribution in [0.4, 0.5) is 0 Å². The molecule has 16 heavy (non-hydrogen) atoms. The summed E-state index contributed by atoms with van der Waals surface area (Å²) in [6, 6.07) is 13.6. The van der Waals surface area contributed by atoms with E-state index in [4.69, 9.17) is 11.6 Å². The number of hydrogen-bond donors (Lipinski definition) is 2. The summed E-state index contributed by atoms with van der Waals surface area (Å²) in [5.74, 6) is 0.324. The highest BCUT2D eigenvalue weighted by Gasteiger charge is 2.14. The average Bonchev–Trinajstić information content (AvgIpc) is 2.29. The van der Waals surface area contributed by atoms with Crippen molar-refractivity contribution in [2.24, 2.45) is 0 Å². The zero-order chi connectivity index (χ0) is 11.5. The Morgan fingerprint density at radius 3 is 2.38 bits per heavy atom. The van der Waals surface area contributed by atoms with Gasteiger partial charge in [0, 0.05) is 5.56 Å². The van der Waals surface area contributed by atoms with Gasteiger partial charge in [0.1, 0.15) is 11.5 Å². The lowest BCUT2D eigenvalue weighted by Gasteiger charge is -2.12. The summed E-state index contributed by atoms with van der Waals surface area (Å²) in [6.45, 7) is 0. The number of phenols is 2. The molecule has 0 bridgehead atoms. The Hall–Kier alpha value is -1.67. The molecule has 0 saturated carbocycles. The zero-order valence-corrected chi connectivity index (χ0v) is 9.22. The Morgan fingerprint density at radius 2 is 1.69 bits per heavy atom. The van der Waals surface area contributed by atoms with Gasteiger partial charge in [0.15, 0.2) is 0 Å². The molecule has 0 spiro atoms. The lowest BCUT2D eigenvalue weighted by Crippen LogP contribution is -1.93. The number of alkyl halides is 1. The Bertz CT molecular complexity index is 497. The van der Waals surface area contributed by atoms with Crippen molar-refractivity contribution >= 4 is 11.6 Å². The molecule has 0 aromatic heterocycles. The van der Waals surface area contributed by atoms with E-state index < -0.39 is 5.38 Å². The molecule has 2 rings (SSSR count). The van der Waals surface area contributed by atoms with Gasteiger partial charge in [-0.15, -0.1) is 11.6 Å². The molecule has 3 heteroatoms. The minimum atomic E-state index is -0.465. The van der Waals surface area contributed by atoms with Crippen LogP contribution in [-0.2, 0) is 0 Å². The fourth-order valence-corrected chi connectivity index (χ4v) is 1.88. The van der Waals surface area contributed by atoms with E-state index in [0.717, 1.165) is 5.56 Å². The third-order valence-corrected chi connectivity index (χ3v) is 2.86. The number of aromatic hydroxyl groups is 2. The van der Waals surface area contributed by atoms with Crippen LogP contribution in [0.3, 0.4) is 0 Å². The van der Waals surface area contributed by atoms with Crippen LogP contribution in [0.1, 0.15) is 16.5 Å². The molecular weight excluding hydrogens is 224 g/mol. The van der Waals surface area contributed by atoms with Crippen LogP contribution >= 0.6 is 11.6 Å². The van der Waals surface area contributed by atoms with Crippen molar-refractivity contribution in [3.05, 3.63) is 59.7 Å². The highest BCUT2D eigenvalue weighted by molar-refractivity contribution is 6.22. The van der Waals surface area contributed by atoms with Crippen LogP contribution < -0.4 is 0 Å². The summed E-state index contributed by atoms with van der Waals surface area (Å²) in [5, 5.41) is 18.6. The first-order chi connectivity index (χ1) is 7.68. The average molecular weight is 235 g/mol. The molecule has 0 amide bonds. The van der Waals surface area contributed by atoms with Crippen molar-refractivity contribution in [3.8, 4) is 11.5 Å². The number of hydrogen-bond acceptors (Lipinski definition) is 2. The summed E-state index contributed by atoms with van der Waals surface area (Å²) in [4.78, 5) is 0. The standard InChI is InChI=1S/C13H11ClO2/c14-13(9-4-3-5-10(15)8-9)11-6-1-2-7-12(11)16/h1-8,13,15-16H. The minimum Gasteiger partial charge on any atom is -0.508 e. The molecule has 82 valence electrons. The molecule has 0 aliphatic rings.